The fourth-order valence-electron chi connectivity index (χ4n) is 1.37. The summed E-state index contributed by atoms with van der Waals surface area (Å²) in [5.41, 5.74) is 0.306. The van der Waals surface area contributed by atoms with E-state index in [2.05, 4.69) is 20.9 Å². The predicted molar refractivity (Wildman–Crippen MR) is 68.3 cm³/mol. The molecule has 0 saturated heterocycles. The molecule has 0 aromatic carbocycles. The van der Waals surface area contributed by atoms with Gasteiger partial charge in [-0.15, -0.1) is 0 Å². The first kappa shape index (κ1) is 14.1. The van der Waals surface area contributed by atoms with Crippen LogP contribution < -0.4 is 0 Å². The Morgan fingerprint density at radius 2 is 1.89 bits per heavy atom. The third-order valence-electron chi connectivity index (χ3n) is 2.21. The molecule has 6 heteroatoms. The van der Waals surface area contributed by atoms with Crippen molar-refractivity contribution in [2.45, 2.75) is 12.8 Å². The maximum atomic E-state index is 12.1. The first-order chi connectivity index (χ1) is 8.69. The molecule has 1 heterocycles. The third kappa shape index (κ3) is 4.15. The first-order valence-corrected chi connectivity index (χ1v) is 6.14. The van der Waals surface area contributed by atoms with Crippen LogP contribution >= 0.6 is 15.9 Å². The van der Waals surface area contributed by atoms with Crippen LogP contribution in [0.1, 0.15) is 23.3 Å². The number of nitriles is 2. The molecule has 18 heavy (non-hydrogen) atoms. The van der Waals surface area contributed by atoms with Crippen LogP contribution in [0.4, 0.5) is 0 Å². The number of halogens is 1. The second-order valence-electron chi connectivity index (χ2n) is 3.45. The summed E-state index contributed by atoms with van der Waals surface area (Å²) < 4.78 is 0.578. The van der Waals surface area contributed by atoms with Gasteiger partial charge in [0.25, 0.3) is 5.91 Å². The van der Waals surface area contributed by atoms with Crippen molar-refractivity contribution < 1.29 is 4.79 Å². The van der Waals surface area contributed by atoms with E-state index in [4.69, 9.17) is 10.5 Å². The molecule has 1 amide bonds. The second kappa shape index (κ2) is 7.41. The monoisotopic (exact) mass is 306 g/mol. The average molecular weight is 307 g/mol. The summed E-state index contributed by atoms with van der Waals surface area (Å²) in [5, 5.41) is 17.1. The maximum absolute atomic E-state index is 12.1. The van der Waals surface area contributed by atoms with E-state index in [0.717, 1.165) is 0 Å². The molecule has 0 fully saturated rings. The minimum atomic E-state index is -0.262. The quantitative estimate of drug-likeness (QED) is 0.780. The molecule has 0 radical (unpaired) electrons. The summed E-state index contributed by atoms with van der Waals surface area (Å²) in [6, 6.07) is 9.03. The summed E-state index contributed by atoms with van der Waals surface area (Å²) >= 11 is 3.20. The Hall–Kier alpha value is -1.92. The molecule has 92 valence electrons. The zero-order chi connectivity index (χ0) is 13.4. The Morgan fingerprint density at radius 1 is 1.28 bits per heavy atom. The van der Waals surface area contributed by atoms with E-state index in [1.165, 1.54) is 4.90 Å². The standard InChI is InChI=1S/C12H11BrN4O/c13-11-5-1-4-10(16-11)12(18)17(8-2-6-14)9-3-7-15/h1,4-5H,2-3,8-9H2. The number of amides is 1. The fourth-order valence-corrected chi connectivity index (χ4v) is 1.72. The van der Waals surface area contributed by atoms with Gasteiger partial charge in [0.05, 0.1) is 25.0 Å². The lowest BCUT2D eigenvalue weighted by Crippen LogP contribution is -2.33. The molecule has 5 nitrogen and oxygen atoms in total. The third-order valence-corrected chi connectivity index (χ3v) is 2.65. The molecular formula is C12H11BrN4O. The first-order valence-electron chi connectivity index (χ1n) is 5.34. The topological polar surface area (TPSA) is 80.8 Å². The van der Waals surface area contributed by atoms with Crippen LogP contribution in [0.15, 0.2) is 22.8 Å². The number of carbonyl (C=O) groups is 1. The minimum absolute atomic E-state index is 0.241. The summed E-state index contributed by atoms with van der Waals surface area (Å²) in [5.74, 6) is -0.262. The van der Waals surface area contributed by atoms with E-state index < -0.39 is 0 Å². The summed E-state index contributed by atoms with van der Waals surface area (Å²) in [6.45, 7) is 0.621. The highest BCUT2D eigenvalue weighted by molar-refractivity contribution is 9.10. The summed E-state index contributed by atoms with van der Waals surface area (Å²) in [4.78, 5) is 17.7. The molecule has 1 aromatic rings. The van der Waals surface area contributed by atoms with Crippen molar-refractivity contribution in [3.63, 3.8) is 0 Å². The van der Waals surface area contributed by atoms with Crippen LogP contribution in [0.5, 0.6) is 0 Å². The number of rotatable bonds is 5. The molecule has 1 rings (SSSR count). The van der Waals surface area contributed by atoms with Gasteiger partial charge in [-0.25, -0.2) is 4.98 Å². The Labute approximate surface area is 114 Å². The van der Waals surface area contributed by atoms with E-state index in [1.807, 2.05) is 12.1 Å². The molecule has 0 saturated carbocycles. The Kier molecular flexibility index (Phi) is 5.83. The lowest BCUT2D eigenvalue weighted by atomic mass is 10.2. The molecule has 0 unspecified atom stereocenters. The van der Waals surface area contributed by atoms with Crippen LogP contribution in [0.25, 0.3) is 0 Å². The summed E-state index contributed by atoms with van der Waals surface area (Å²) in [6.07, 6.45) is 0.482. The van der Waals surface area contributed by atoms with Crippen molar-refractivity contribution in [3.05, 3.63) is 28.5 Å². The van der Waals surface area contributed by atoms with E-state index in [-0.39, 0.29) is 18.7 Å². The number of pyridine rings is 1. The zero-order valence-electron chi connectivity index (χ0n) is 9.64. The molecule has 0 N–H and O–H groups in total. The number of nitrogens with zero attached hydrogens (tertiary/aromatic N) is 4. The second-order valence-corrected chi connectivity index (χ2v) is 4.27. The number of aromatic nitrogens is 1. The van der Waals surface area contributed by atoms with Gasteiger partial charge in [-0.05, 0) is 28.1 Å². The van der Waals surface area contributed by atoms with E-state index in [0.29, 0.717) is 23.4 Å². The lowest BCUT2D eigenvalue weighted by Gasteiger charge is -2.19. The smallest absolute Gasteiger partial charge is 0.272 e. The van der Waals surface area contributed by atoms with Gasteiger partial charge in [0, 0.05) is 13.1 Å². The minimum Gasteiger partial charge on any atom is -0.335 e. The maximum Gasteiger partial charge on any atom is 0.272 e. The highest BCUT2D eigenvalue weighted by atomic mass is 79.9. The molecule has 0 aliphatic rings. The van der Waals surface area contributed by atoms with Crippen molar-refractivity contribution in [3.8, 4) is 12.1 Å². The number of hydrogen-bond acceptors (Lipinski definition) is 4. The highest BCUT2D eigenvalue weighted by Crippen LogP contribution is 2.09. The zero-order valence-corrected chi connectivity index (χ0v) is 11.2. The number of carbonyl (C=O) groups excluding carboxylic acids is 1. The molecule has 1 aromatic heterocycles. The number of hydrogen-bond donors (Lipinski definition) is 0. The van der Waals surface area contributed by atoms with E-state index in [1.54, 1.807) is 18.2 Å². The van der Waals surface area contributed by atoms with Crippen LogP contribution in [-0.4, -0.2) is 28.9 Å². The van der Waals surface area contributed by atoms with E-state index in [9.17, 15) is 4.79 Å². The lowest BCUT2D eigenvalue weighted by molar-refractivity contribution is 0.0756. The normalized spacial score (nSPS) is 9.28. The molecule has 0 atom stereocenters. The highest BCUT2D eigenvalue weighted by Gasteiger charge is 2.16. The Balaban J connectivity index is 2.81. The average Bonchev–Trinajstić information content (AvgIpc) is 2.38. The molecule has 0 aliphatic heterocycles. The SMILES string of the molecule is N#CCCN(CCC#N)C(=O)c1cccc(Br)n1. The molecular weight excluding hydrogens is 296 g/mol. The van der Waals surface area contributed by atoms with E-state index >= 15 is 0 Å². The van der Waals surface area contributed by atoms with Gasteiger partial charge in [-0.3, -0.25) is 4.79 Å². The van der Waals surface area contributed by atoms with Crippen LogP contribution in [-0.2, 0) is 0 Å². The van der Waals surface area contributed by atoms with Gasteiger partial charge < -0.3 is 4.90 Å². The predicted octanol–water partition coefficient (Wildman–Crippen LogP) is 2.11. The van der Waals surface area contributed by atoms with Gasteiger partial charge in [-0.2, -0.15) is 10.5 Å². The van der Waals surface area contributed by atoms with Crippen LogP contribution in [0, 0.1) is 22.7 Å². The molecule has 0 bridgehead atoms. The van der Waals surface area contributed by atoms with Crippen molar-refractivity contribution in [1.82, 2.24) is 9.88 Å². The van der Waals surface area contributed by atoms with Crippen molar-refractivity contribution >= 4 is 21.8 Å². The van der Waals surface area contributed by atoms with Gasteiger partial charge in [0.1, 0.15) is 10.3 Å². The van der Waals surface area contributed by atoms with Crippen LogP contribution in [0.2, 0.25) is 0 Å². The van der Waals surface area contributed by atoms with Gasteiger partial charge in [0.2, 0.25) is 0 Å². The van der Waals surface area contributed by atoms with Gasteiger partial charge >= 0.3 is 0 Å². The van der Waals surface area contributed by atoms with Crippen molar-refractivity contribution in [2.24, 2.45) is 0 Å². The van der Waals surface area contributed by atoms with Crippen LogP contribution in [0.3, 0.4) is 0 Å². The van der Waals surface area contributed by atoms with Gasteiger partial charge in [0.15, 0.2) is 0 Å². The molecule has 0 aliphatic carbocycles. The Morgan fingerprint density at radius 3 is 2.39 bits per heavy atom. The van der Waals surface area contributed by atoms with Gasteiger partial charge in [-0.1, -0.05) is 6.07 Å². The van der Waals surface area contributed by atoms with Crippen molar-refractivity contribution in [1.29, 1.82) is 10.5 Å². The fraction of sp³-hybridized carbons (Fsp3) is 0.333. The summed E-state index contributed by atoms with van der Waals surface area (Å²) in [7, 11) is 0. The Bertz CT molecular complexity index is 486. The van der Waals surface area contributed by atoms with Crippen molar-refractivity contribution in [2.75, 3.05) is 13.1 Å². The molecule has 0 spiro atoms. The largest absolute Gasteiger partial charge is 0.335 e.